The highest BCUT2D eigenvalue weighted by Gasteiger charge is 2.37. The average molecular weight is 419 g/mol. The van der Waals surface area contributed by atoms with E-state index in [1.165, 1.54) is 11.2 Å². The standard InChI is InChI=1S/C22H21N5O4/c1-30-16-9-7-15(8-10-16)27-19(24)17-11-12-31-21(17)25-20(27)22(29)26(13-18(23)28)14-5-3-2-4-6-14/h2-12,19H,13,24H2,1H3,(H2,23,28). The SMILES string of the molecule is COc1ccc(N2C(C(=O)N(CC(N)=O)c3ccccc3)=Nc3occc3C2N)cc1. The van der Waals surface area contributed by atoms with Gasteiger partial charge in [-0.1, -0.05) is 18.2 Å². The van der Waals surface area contributed by atoms with Crippen molar-refractivity contribution in [2.24, 2.45) is 16.5 Å². The van der Waals surface area contributed by atoms with E-state index in [0.29, 0.717) is 22.7 Å². The molecule has 158 valence electrons. The molecule has 0 saturated carbocycles. The Kier molecular flexibility index (Phi) is 5.42. The number of ether oxygens (including phenoxy) is 1. The van der Waals surface area contributed by atoms with Crippen LogP contribution in [0.15, 0.2) is 76.3 Å². The van der Waals surface area contributed by atoms with E-state index in [2.05, 4.69) is 4.99 Å². The van der Waals surface area contributed by atoms with Crippen molar-refractivity contribution in [1.29, 1.82) is 0 Å². The number of amides is 2. The van der Waals surface area contributed by atoms with Gasteiger partial charge in [-0.2, -0.15) is 4.99 Å². The second-order valence-corrected chi connectivity index (χ2v) is 6.82. The lowest BCUT2D eigenvalue weighted by Gasteiger charge is -2.35. The molecule has 3 aromatic rings. The molecule has 1 aromatic heterocycles. The van der Waals surface area contributed by atoms with Gasteiger partial charge < -0.3 is 25.5 Å². The molecular weight excluding hydrogens is 398 g/mol. The highest BCUT2D eigenvalue weighted by atomic mass is 16.5. The topological polar surface area (TPSA) is 127 Å². The summed E-state index contributed by atoms with van der Waals surface area (Å²) in [5.74, 6) is -0.299. The van der Waals surface area contributed by atoms with E-state index in [4.69, 9.17) is 20.6 Å². The lowest BCUT2D eigenvalue weighted by molar-refractivity contribution is -0.119. The Hall–Kier alpha value is -4.11. The molecule has 9 heteroatoms. The quantitative estimate of drug-likeness (QED) is 0.631. The number of furan rings is 1. The third-order valence-corrected chi connectivity index (χ3v) is 4.88. The van der Waals surface area contributed by atoms with Crippen LogP contribution in [0.4, 0.5) is 17.3 Å². The fraction of sp³-hybridized carbons (Fsp3) is 0.136. The lowest BCUT2D eigenvalue weighted by Crippen LogP contribution is -2.52. The van der Waals surface area contributed by atoms with Crippen molar-refractivity contribution >= 4 is 34.9 Å². The van der Waals surface area contributed by atoms with Crippen LogP contribution in [0.25, 0.3) is 0 Å². The molecule has 4 rings (SSSR count). The molecular formula is C22H21N5O4. The molecule has 2 aromatic carbocycles. The number of nitrogens with two attached hydrogens (primary N) is 2. The maximum atomic E-state index is 13.6. The highest BCUT2D eigenvalue weighted by Crippen LogP contribution is 2.37. The van der Waals surface area contributed by atoms with Crippen LogP contribution in [0.1, 0.15) is 11.7 Å². The van der Waals surface area contributed by atoms with Gasteiger partial charge >= 0.3 is 0 Å². The second-order valence-electron chi connectivity index (χ2n) is 6.82. The van der Waals surface area contributed by atoms with Gasteiger partial charge in [0.15, 0.2) is 0 Å². The summed E-state index contributed by atoms with van der Waals surface area (Å²) in [6, 6.07) is 17.5. The summed E-state index contributed by atoms with van der Waals surface area (Å²) >= 11 is 0. The Labute approximate surface area is 178 Å². The minimum atomic E-state index is -0.732. The van der Waals surface area contributed by atoms with Crippen molar-refractivity contribution in [3.05, 3.63) is 72.5 Å². The van der Waals surface area contributed by atoms with Gasteiger partial charge in [0, 0.05) is 11.4 Å². The largest absolute Gasteiger partial charge is 0.497 e. The van der Waals surface area contributed by atoms with E-state index in [0.717, 1.165) is 0 Å². The highest BCUT2D eigenvalue weighted by molar-refractivity contribution is 6.48. The molecule has 4 N–H and O–H groups in total. The Bertz CT molecular complexity index is 1120. The van der Waals surface area contributed by atoms with Crippen molar-refractivity contribution in [2.75, 3.05) is 23.5 Å². The number of para-hydroxylation sites is 1. The summed E-state index contributed by atoms with van der Waals surface area (Å²) in [6.07, 6.45) is 0.733. The van der Waals surface area contributed by atoms with Crippen molar-refractivity contribution in [2.45, 2.75) is 6.17 Å². The van der Waals surface area contributed by atoms with Crippen molar-refractivity contribution < 1.29 is 18.7 Å². The summed E-state index contributed by atoms with van der Waals surface area (Å²) < 4.78 is 10.6. The predicted molar refractivity (Wildman–Crippen MR) is 116 cm³/mol. The van der Waals surface area contributed by atoms with Gasteiger partial charge in [-0.15, -0.1) is 0 Å². The van der Waals surface area contributed by atoms with Crippen LogP contribution in [0.5, 0.6) is 5.75 Å². The van der Waals surface area contributed by atoms with Crippen LogP contribution >= 0.6 is 0 Å². The molecule has 31 heavy (non-hydrogen) atoms. The van der Waals surface area contributed by atoms with Crippen molar-refractivity contribution in [3.63, 3.8) is 0 Å². The normalized spacial score (nSPS) is 15.1. The molecule has 1 aliphatic heterocycles. The fourth-order valence-corrected chi connectivity index (χ4v) is 3.39. The molecule has 0 radical (unpaired) electrons. The van der Waals surface area contributed by atoms with Gasteiger partial charge in [0.2, 0.25) is 17.6 Å². The van der Waals surface area contributed by atoms with E-state index < -0.39 is 18.0 Å². The molecule has 1 aliphatic rings. The van der Waals surface area contributed by atoms with Gasteiger partial charge in [-0.25, -0.2) is 0 Å². The van der Waals surface area contributed by atoms with Crippen LogP contribution in [-0.2, 0) is 9.59 Å². The number of fused-ring (bicyclic) bond motifs is 1. The number of hydrogen-bond donors (Lipinski definition) is 2. The minimum absolute atomic E-state index is 0.00483. The maximum absolute atomic E-state index is 13.6. The number of aliphatic imine (C=N–C) groups is 1. The summed E-state index contributed by atoms with van der Waals surface area (Å²) in [4.78, 5) is 32.7. The number of methoxy groups -OCH3 is 1. The number of carbonyl (C=O) groups excluding carboxylic acids is 2. The molecule has 0 fully saturated rings. The van der Waals surface area contributed by atoms with Crippen LogP contribution < -0.4 is 26.0 Å². The summed E-state index contributed by atoms with van der Waals surface area (Å²) in [5.41, 5.74) is 13.7. The maximum Gasteiger partial charge on any atom is 0.294 e. The molecule has 0 aliphatic carbocycles. The zero-order valence-electron chi connectivity index (χ0n) is 16.8. The van der Waals surface area contributed by atoms with Gasteiger partial charge in [0.25, 0.3) is 5.91 Å². The predicted octanol–water partition coefficient (Wildman–Crippen LogP) is 2.31. The van der Waals surface area contributed by atoms with Crippen LogP contribution in [0.3, 0.4) is 0 Å². The first-order valence-corrected chi connectivity index (χ1v) is 9.49. The lowest BCUT2D eigenvalue weighted by atomic mass is 10.1. The third kappa shape index (κ3) is 3.86. The average Bonchev–Trinajstić information content (AvgIpc) is 3.27. The van der Waals surface area contributed by atoms with Gasteiger partial charge in [0.1, 0.15) is 18.5 Å². The summed E-state index contributed by atoms with van der Waals surface area (Å²) in [5, 5.41) is 0. The molecule has 0 bridgehead atoms. The molecule has 1 atom stereocenters. The first-order chi connectivity index (χ1) is 15.0. The monoisotopic (exact) mass is 419 g/mol. The van der Waals surface area contributed by atoms with E-state index in [-0.39, 0.29) is 18.3 Å². The van der Waals surface area contributed by atoms with Gasteiger partial charge in [0.05, 0.1) is 18.9 Å². The molecule has 0 spiro atoms. The first-order valence-electron chi connectivity index (χ1n) is 9.49. The van der Waals surface area contributed by atoms with E-state index >= 15 is 0 Å². The van der Waals surface area contributed by atoms with Gasteiger partial charge in [-0.05, 0) is 42.5 Å². The molecule has 9 nitrogen and oxygen atoms in total. The van der Waals surface area contributed by atoms with E-state index in [1.54, 1.807) is 66.6 Å². The number of anilines is 2. The van der Waals surface area contributed by atoms with Crippen LogP contribution in [0, 0.1) is 0 Å². The molecule has 2 heterocycles. The van der Waals surface area contributed by atoms with Gasteiger partial charge in [-0.3, -0.25) is 14.5 Å². The number of rotatable bonds is 6. The van der Waals surface area contributed by atoms with E-state index in [9.17, 15) is 9.59 Å². The van der Waals surface area contributed by atoms with Crippen LogP contribution in [0.2, 0.25) is 0 Å². The number of carbonyl (C=O) groups is 2. The Morgan fingerprint density at radius 2 is 1.84 bits per heavy atom. The molecule has 2 amide bonds. The fourth-order valence-electron chi connectivity index (χ4n) is 3.39. The van der Waals surface area contributed by atoms with E-state index in [1.807, 2.05) is 6.07 Å². The van der Waals surface area contributed by atoms with Crippen LogP contribution in [-0.4, -0.2) is 31.3 Å². The number of amidine groups is 1. The first kappa shape index (κ1) is 20.2. The number of nitrogens with zero attached hydrogens (tertiary/aromatic N) is 3. The Balaban J connectivity index is 1.81. The number of primary amides is 1. The summed E-state index contributed by atoms with van der Waals surface area (Å²) in [7, 11) is 1.57. The zero-order chi connectivity index (χ0) is 22.0. The zero-order valence-corrected chi connectivity index (χ0v) is 16.8. The number of benzene rings is 2. The summed E-state index contributed by atoms with van der Waals surface area (Å²) in [6.45, 7) is -0.321. The minimum Gasteiger partial charge on any atom is -0.497 e. The van der Waals surface area contributed by atoms with Crippen molar-refractivity contribution in [1.82, 2.24) is 0 Å². The molecule has 0 saturated heterocycles. The Morgan fingerprint density at radius 1 is 1.13 bits per heavy atom. The third-order valence-electron chi connectivity index (χ3n) is 4.88. The smallest absolute Gasteiger partial charge is 0.294 e. The number of hydrogen-bond acceptors (Lipinski definition) is 7. The van der Waals surface area contributed by atoms with Crippen molar-refractivity contribution in [3.8, 4) is 5.75 Å². The Morgan fingerprint density at radius 3 is 2.48 bits per heavy atom. The molecule has 1 unspecified atom stereocenters. The second kappa shape index (κ2) is 8.33.